The molecule has 1 saturated carbocycles. The van der Waals surface area contributed by atoms with E-state index in [0.29, 0.717) is 9.75 Å². The predicted octanol–water partition coefficient (Wildman–Crippen LogP) is 6.29. The number of carbonyl (C=O) groups excluding carboxylic acids is 2. The number of benzene rings is 3. The second-order valence-electron chi connectivity index (χ2n) is 12.9. The van der Waals surface area contributed by atoms with E-state index < -0.39 is 101 Å². The lowest BCUT2D eigenvalue weighted by Crippen LogP contribution is -2.50. The van der Waals surface area contributed by atoms with Gasteiger partial charge in [0, 0.05) is 35.1 Å². The van der Waals surface area contributed by atoms with Crippen molar-refractivity contribution in [3.63, 3.8) is 0 Å². The maximum atomic E-state index is 14.0. The number of rotatable bonds is 15. The first kappa shape index (κ1) is 40.8. The fraction of sp³-hybridized carbons (Fsp3) is 0.351. The number of ether oxygens (including phenoxy) is 1. The lowest BCUT2D eigenvalue weighted by molar-refractivity contribution is -0.206. The van der Waals surface area contributed by atoms with Crippen LogP contribution in [0.5, 0.6) is 0 Å². The summed E-state index contributed by atoms with van der Waals surface area (Å²) in [6.07, 6.45) is -9.88. The summed E-state index contributed by atoms with van der Waals surface area (Å²) in [7, 11) is -3.43. The minimum absolute atomic E-state index is 0.0815. The number of nitrogens with zero attached hydrogens (tertiary/aromatic N) is 1. The summed E-state index contributed by atoms with van der Waals surface area (Å²) in [4.78, 5) is 26.7. The van der Waals surface area contributed by atoms with Crippen LogP contribution in [0.4, 0.5) is 26.7 Å². The van der Waals surface area contributed by atoms with Crippen LogP contribution in [0.2, 0.25) is 0 Å². The van der Waals surface area contributed by atoms with Crippen molar-refractivity contribution >= 4 is 33.4 Å². The molecule has 5 rings (SSSR count). The Balaban J connectivity index is 1.39. The molecule has 3 atom stereocenters. The smallest absolute Gasteiger partial charge is 0.418 e. The standard InChI is InChI=1S/C37H38F5N3O7S2/c1-52-35(49)44-32(31(24-8-4-2-5-9-24)25-10-6-3-7-11-25)34(48)43-20-27-14-17-30(53-27)29(22-46)45(21-23-18-36(38,39)19-23)54(50,51)28-15-12-26(13-16-28)33(47)37(40,41)42/h2-17,23,29,31-33,46-47H,18-22H2,1H3,(H,43,48)(H,44,49)/t29-,32+,33?/m1/s1. The number of hydrogen-bond acceptors (Lipinski definition) is 8. The van der Waals surface area contributed by atoms with Gasteiger partial charge in [-0.1, -0.05) is 72.8 Å². The molecular formula is C37H38F5N3O7S2. The highest BCUT2D eigenvalue weighted by atomic mass is 32.2. The monoisotopic (exact) mass is 795 g/mol. The fourth-order valence-corrected chi connectivity index (χ4v) is 9.16. The third-order valence-corrected chi connectivity index (χ3v) is 12.2. The Labute approximate surface area is 312 Å². The lowest BCUT2D eigenvalue weighted by Gasteiger charge is -2.39. The van der Waals surface area contributed by atoms with Gasteiger partial charge in [-0.25, -0.2) is 22.0 Å². The zero-order chi connectivity index (χ0) is 39.3. The van der Waals surface area contributed by atoms with E-state index in [1.807, 2.05) is 36.4 Å². The Kier molecular flexibility index (Phi) is 12.8. The summed E-state index contributed by atoms with van der Waals surface area (Å²) in [5.74, 6) is -4.96. The van der Waals surface area contributed by atoms with E-state index in [9.17, 15) is 50.2 Å². The number of nitrogens with one attached hydrogen (secondary N) is 2. The van der Waals surface area contributed by atoms with Crippen molar-refractivity contribution in [2.45, 2.75) is 60.5 Å². The highest BCUT2D eigenvalue weighted by Crippen LogP contribution is 2.45. The van der Waals surface area contributed by atoms with Crippen molar-refractivity contribution < 1.29 is 54.9 Å². The molecule has 3 aromatic carbocycles. The molecule has 0 radical (unpaired) electrons. The van der Waals surface area contributed by atoms with Crippen molar-refractivity contribution in [2.24, 2.45) is 5.92 Å². The third kappa shape index (κ3) is 9.62. The van der Waals surface area contributed by atoms with Crippen LogP contribution in [-0.4, -0.2) is 73.3 Å². The summed E-state index contributed by atoms with van der Waals surface area (Å²) >= 11 is 1.04. The number of aliphatic hydroxyl groups excluding tert-OH is 2. The Morgan fingerprint density at radius 1 is 0.926 bits per heavy atom. The van der Waals surface area contributed by atoms with Gasteiger partial charge in [-0.2, -0.15) is 17.5 Å². The molecule has 17 heteroatoms. The molecule has 2 amide bonds. The second-order valence-corrected chi connectivity index (χ2v) is 15.9. The first-order valence-electron chi connectivity index (χ1n) is 16.7. The number of methoxy groups -OCH3 is 1. The molecule has 0 saturated heterocycles. The summed E-state index contributed by atoms with van der Waals surface area (Å²) in [6, 6.07) is 22.2. The quantitative estimate of drug-likeness (QED) is 0.104. The zero-order valence-electron chi connectivity index (χ0n) is 28.7. The van der Waals surface area contributed by atoms with Crippen LogP contribution in [0.15, 0.2) is 102 Å². The van der Waals surface area contributed by atoms with Crippen LogP contribution in [-0.2, 0) is 26.1 Å². The summed E-state index contributed by atoms with van der Waals surface area (Å²) in [5.41, 5.74) is 0.875. The maximum Gasteiger partial charge on any atom is 0.418 e. The largest absolute Gasteiger partial charge is 0.453 e. The molecule has 10 nitrogen and oxygen atoms in total. The number of carbonyl (C=O) groups is 2. The van der Waals surface area contributed by atoms with Crippen LogP contribution in [0.1, 0.15) is 57.4 Å². The van der Waals surface area contributed by atoms with Gasteiger partial charge in [0.1, 0.15) is 6.04 Å². The molecule has 1 aromatic heterocycles. The number of amides is 2. The molecule has 4 aromatic rings. The fourth-order valence-electron chi connectivity index (χ4n) is 6.37. The van der Waals surface area contributed by atoms with E-state index in [0.717, 1.165) is 51.0 Å². The molecule has 4 N–H and O–H groups in total. The van der Waals surface area contributed by atoms with Gasteiger partial charge in [-0.3, -0.25) is 4.79 Å². The minimum Gasteiger partial charge on any atom is -0.453 e. The van der Waals surface area contributed by atoms with Crippen molar-refractivity contribution in [1.29, 1.82) is 0 Å². The van der Waals surface area contributed by atoms with E-state index in [4.69, 9.17) is 4.74 Å². The van der Waals surface area contributed by atoms with E-state index in [1.54, 1.807) is 30.3 Å². The van der Waals surface area contributed by atoms with Crippen molar-refractivity contribution in [3.05, 3.63) is 124 Å². The predicted molar refractivity (Wildman–Crippen MR) is 189 cm³/mol. The van der Waals surface area contributed by atoms with Crippen molar-refractivity contribution in [3.8, 4) is 0 Å². The first-order chi connectivity index (χ1) is 25.5. The second kappa shape index (κ2) is 16.9. The summed E-state index contributed by atoms with van der Waals surface area (Å²) in [6.45, 7) is -1.27. The number of alkyl halides is 5. The van der Waals surface area contributed by atoms with Gasteiger partial charge in [-0.05, 0) is 46.9 Å². The Hall–Kier alpha value is -4.42. The maximum absolute atomic E-state index is 14.0. The van der Waals surface area contributed by atoms with E-state index in [2.05, 4.69) is 10.6 Å². The van der Waals surface area contributed by atoms with E-state index in [-0.39, 0.29) is 6.54 Å². The van der Waals surface area contributed by atoms with Crippen LogP contribution in [0, 0.1) is 5.92 Å². The summed E-state index contributed by atoms with van der Waals surface area (Å²) in [5, 5.41) is 25.6. The molecule has 0 spiro atoms. The number of aliphatic hydroxyl groups is 2. The molecule has 0 bridgehead atoms. The average molecular weight is 796 g/mol. The molecule has 1 fully saturated rings. The molecule has 1 aliphatic rings. The number of hydrogen-bond donors (Lipinski definition) is 4. The molecule has 54 heavy (non-hydrogen) atoms. The van der Waals surface area contributed by atoms with Gasteiger partial charge >= 0.3 is 12.3 Å². The van der Waals surface area contributed by atoms with Gasteiger partial charge in [0.25, 0.3) is 0 Å². The Morgan fingerprint density at radius 2 is 1.50 bits per heavy atom. The molecule has 0 aliphatic heterocycles. The van der Waals surface area contributed by atoms with Gasteiger partial charge in [-0.15, -0.1) is 11.3 Å². The van der Waals surface area contributed by atoms with Crippen LogP contribution < -0.4 is 10.6 Å². The Morgan fingerprint density at radius 3 is 2.00 bits per heavy atom. The van der Waals surface area contributed by atoms with Gasteiger partial charge in [0.2, 0.25) is 21.9 Å². The minimum atomic E-state index is -5.00. The highest BCUT2D eigenvalue weighted by molar-refractivity contribution is 7.89. The molecular weight excluding hydrogens is 758 g/mol. The topological polar surface area (TPSA) is 145 Å². The van der Waals surface area contributed by atoms with Crippen LogP contribution >= 0.6 is 11.3 Å². The highest BCUT2D eigenvalue weighted by Gasteiger charge is 2.48. The third-order valence-electron chi connectivity index (χ3n) is 9.09. The van der Waals surface area contributed by atoms with E-state index >= 15 is 0 Å². The van der Waals surface area contributed by atoms with Gasteiger partial charge in [0.15, 0.2) is 6.10 Å². The Bertz CT molecular complexity index is 1930. The molecule has 1 unspecified atom stereocenters. The molecule has 1 aliphatic carbocycles. The molecule has 1 heterocycles. The SMILES string of the molecule is COC(=O)N[C@H](C(=O)NCc1ccc([C@@H](CO)N(CC2CC(F)(F)C2)S(=O)(=O)c2ccc(C(O)C(F)(F)F)cc2)s1)C(c1ccccc1)c1ccccc1. The van der Waals surface area contributed by atoms with Gasteiger partial charge in [0.05, 0.1) is 31.2 Å². The normalized spacial score (nSPS) is 16.3. The average Bonchev–Trinajstić information content (AvgIpc) is 3.61. The van der Waals surface area contributed by atoms with Crippen molar-refractivity contribution in [2.75, 3.05) is 20.3 Å². The lowest BCUT2D eigenvalue weighted by atomic mass is 9.81. The number of thiophene rings is 1. The summed E-state index contributed by atoms with van der Waals surface area (Å²) < 4.78 is 100. The number of halogens is 5. The zero-order valence-corrected chi connectivity index (χ0v) is 30.4. The van der Waals surface area contributed by atoms with Crippen molar-refractivity contribution in [1.82, 2.24) is 14.9 Å². The van der Waals surface area contributed by atoms with Crippen LogP contribution in [0.25, 0.3) is 0 Å². The van der Waals surface area contributed by atoms with E-state index in [1.165, 1.54) is 13.2 Å². The molecule has 290 valence electrons. The van der Waals surface area contributed by atoms with Crippen LogP contribution in [0.3, 0.4) is 0 Å². The number of sulfonamides is 1. The first-order valence-corrected chi connectivity index (χ1v) is 19.0. The number of alkyl carbamates (subject to hydrolysis) is 1. The van der Waals surface area contributed by atoms with Gasteiger partial charge < -0.3 is 25.6 Å².